The number of unbranched alkanes of at least 4 members (excludes halogenated alkanes) is 1. The van der Waals surface area contributed by atoms with Crippen molar-refractivity contribution >= 4 is 35.9 Å². The number of carbonyl (C=O) groups is 1. The number of aliphatic imine (C=N–C) groups is 1. The quantitative estimate of drug-likeness (QED) is 0.162. The van der Waals surface area contributed by atoms with Gasteiger partial charge in [-0.1, -0.05) is 12.1 Å². The van der Waals surface area contributed by atoms with Crippen LogP contribution < -0.4 is 20.1 Å². The summed E-state index contributed by atoms with van der Waals surface area (Å²) in [5.41, 5.74) is 0. The number of nitrogens with zero attached hydrogens (tertiary/aromatic N) is 1. The Balaban J connectivity index is 0.00000676. The molecule has 27 heavy (non-hydrogen) atoms. The van der Waals surface area contributed by atoms with Crippen LogP contribution in [0.3, 0.4) is 0 Å². The second kappa shape index (κ2) is 15.4. The van der Waals surface area contributed by atoms with E-state index in [1.807, 2.05) is 38.1 Å². The van der Waals surface area contributed by atoms with Gasteiger partial charge in [-0.15, -0.1) is 24.0 Å². The molecule has 8 heteroatoms. The van der Waals surface area contributed by atoms with Crippen LogP contribution in [-0.2, 0) is 9.53 Å². The van der Waals surface area contributed by atoms with E-state index in [0.29, 0.717) is 24.5 Å². The molecule has 1 aromatic rings. The highest BCUT2D eigenvalue weighted by Gasteiger charge is 2.08. The fourth-order valence-electron chi connectivity index (χ4n) is 2.23. The summed E-state index contributed by atoms with van der Waals surface area (Å²) in [4.78, 5) is 15.6. The Hall–Kier alpha value is -1.71. The van der Waals surface area contributed by atoms with Crippen molar-refractivity contribution in [3.05, 3.63) is 24.3 Å². The third kappa shape index (κ3) is 10.9. The number of benzene rings is 1. The van der Waals surface area contributed by atoms with E-state index in [1.54, 1.807) is 7.11 Å². The van der Waals surface area contributed by atoms with Crippen molar-refractivity contribution in [2.45, 2.75) is 39.2 Å². The van der Waals surface area contributed by atoms with Crippen LogP contribution in [0.25, 0.3) is 0 Å². The molecule has 0 aliphatic carbocycles. The topological polar surface area (TPSA) is 81.2 Å². The van der Waals surface area contributed by atoms with Crippen LogP contribution in [0.4, 0.5) is 0 Å². The van der Waals surface area contributed by atoms with E-state index in [2.05, 4.69) is 20.4 Å². The lowest BCUT2D eigenvalue weighted by Crippen LogP contribution is -2.38. The standard InChI is InChI=1S/C19H31N3O4.HI/c1-5-20-19(21-13-9-8-12-18(23)25-4)22-14-15(2)26-17-11-7-6-10-16(17)24-3;/h6-7,10-11,15H,5,8-9,12-14H2,1-4H3,(H2,20,21,22);1H. The molecule has 0 radical (unpaired) electrons. The van der Waals surface area contributed by atoms with Crippen molar-refractivity contribution in [3.63, 3.8) is 0 Å². The molecule has 0 saturated heterocycles. The van der Waals surface area contributed by atoms with Crippen LogP contribution in [0.1, 0.15) is 33.1 Å². The second-order valence-corrected chi connectivity index (χ2v) is 5.76. The average Bonchev–Trinajstić information content (AvgIpc) is 2.65. The van der Waals surface area contributed by atoms with Crippen LogP contribution >= 0.6 is 24.0 Å². The summed E-state index contributed by atoms with van der Waals surface area (Å²) in [6, 6.07) is 7.56. The molecule has 0 amide bonds. The predicted molar refractivity (Wildman–Crippen MR) is 118 cm³/mol. The van der Waals surface area contributed by atoms with E-state index in [-0.39, 0.29) is 36.0 Å². The number of guanidine groups is 1. The molecule has 0 saturated carbocycles. The molecule has 0 aliphatic heterocycles. The van der Waals surface area contributed by atoms with Gasteiger partial charge < -0.3 is 24.8 Å². The molecule has 0 bridgehead atoms. The van der Waals surface area contributed by atoms with Gasteiger partial charge in [0.05, 0.1) is 20.8 Å². The molecule has 1 atom stereocenters. The molecule has 1 rings (SSSR count). The van der Waals surface area contributed by atoms with Crippen LogP contribution in [0, 0.1) is 0 Å². The predicted octanol–water partition coefficient (Wildman–Crippen LogP) is 2.98. The Morgan fingerprint density at radius 2 is 1.85 bits per heavy atom. The number of para-hydroxylation sites is 2. The van der Waals surface area contributed by atoms with Crippen LogP contribution in [-0.4, -0.2) is 51.9 Å². The van der Waals surface area contributed by atoms with Gasteiger partial charge in [-0.25, -0.2) is 4.99 Å². The van der Waals surface area contributed by atoms with Gasteiger partial charge in [0.25, 0.3) is 0 Å². The third-order valence-electron chi connectivity index (χ3n) is 3.58. The Bertz CT molecular complexity index is 570. The first-order valence-corrected chi connectivity index (χ1v) is 8.99. The molecule has 154 valence electrons. The lowest BCUT2D eigenvalue weighted by molar-refractivity contribution is -0.140. The number of halogens is 1. The molecular formula is C19H32IN3O4. The van der Waals surface area contributed by atoms with E-state index in [0.717, 1.165) is 31.9 Å². The summed E-state index contributed by atoms with van der Waals surface area (Å²) >= 11 is 0. The molecule has 1 unspecified atom stereocenters. The number of methoxy groups -OCH3 is 2. The summed E-state index contributed by atoms with van der Waals surface area (Å²) in [5, 5.41) is 6.46. The Kier molecular flexibility index (Phi) is 14.4. The maximum atomic E-state index is 11.1. The van der Waals surface area contributed by atoms with Crippen LogP contribution in [0.2, 0.25) is 0 Å². The molecule has 0 aromatic heterocycles. The fraction of sp³-hybridized carbons (Fsp3) is 0.579. The van der Waals surface area contributed by atoms with E-state index >= 15 is 0 Å². The minimum absolute atomic E-state index is 0. The molecule has 0 heterocycles. The van der Waals surface area contributed by atoms with Crippen LogP contribution in [0.5, 0.6) is 11.5 Å². The van der Waals surface area contributed by atoms with Gasteiger partial charge in [-0.05, 0) is 38.8 Å². The van der Waals surface area contributed by atoms with Crippen molar-refractivity contribution < 1.29 is 19.0 Å². The summed E-state index contributed by atoms with van der Waals surface area (Å²) in [7, 11) is 3.03. The normalized spacial score (nSPS) is 11.8. The Labute approximate surface area is 179 Å². The van der Waals surface area contributed by atoms with Crippen molar-refractivity contribution in [1.82, 2.24) is 10.6 Å². The summed E-state index contributed by atoms with van der Waals surface area (Å²) < 4.78 is 15.8. The van der Waals surface area contributed by atoms with E-state index in [4.69, 9.17) is 9.47 Å². The van der Waals surface area contributed by atoms with Gasteiger partial charge >= 0.3 is 5.97 Å². The van der Waals surface area contributed by atoms with Crippen molar-refractivity contribution in [1.29, 1.82) is 0 Å². The minimum atomic E-state index is -0.173. The number of hydrogen-bond acceptors (Lipinski definition) is 5. The average molecular weight is 493 g/mol. The molecule has 0 fully saturated rings. The summed E-state index contributed by atoms with van der Waals surface area (Å²) in [6.07, 6.45) is 2.00. The van der Waals surface area contributed by atoms with Gasteiger partial charge in [0.2, 0.25) is 0 Å². The zero-order valence-electron chi connectivity index (χ0n) is 16.6. The van der Waals surface area contributed by atoms with Gasteiger partial charge in [-0.2, -0.15) is 0 Å². The van der Waals surface area contributed by atoms with E-state index < -0.39 is 0 Å². The van der Waals surface area contributed by atoms with E-state index in [1.165, 1.54) is 7.11 Å². The Morgan fingerprint density at radius 1 is 1.15 bits per heavy atom. The molecule has 7 nitrogen and oxygen atoms in total. The van der Waals surface area contributed by atoms with Gasteiger partial charge in [0, 0.05) is 19.5 Å². The lowest BCUT2D eigenvalue weighted by Gasteiger charge is -2.16. The van der Waals surface area contributed by atoms with Gasteiger partial charge in [0.1, 0.15) is 6.10 Å². The molecule has 0 aliphatic rings. The molecular weight excluding hydrogens is 461 g/mol. The maximum absolute atomic E-state index is 11.1. The van der Waals surface area contributed by atoms with Gasteiger partial charge in [-0.3, -0.25) is 4.79 Å². The first-order chi connectivity index (χ1) is 12.6. The number of rotatable bonds is 11. The second-order valence-electron chi connectivity index (χ2n) is 5.76. The number of ether oxygens (including phenoxy) is 3. The summed E-state index contributed by atoms with van der Waals surface area (Å²) in [5.74, 6) is 1.98. The third-order valence-corrected chi connectivity index (χ3v) is 3.58. The van der Waals surface area contributed by atoms with Crippen molar-refractivity contribution in [3.8, 4) is 11.5 Å². The largest absolute Gasteiger partial charge is 0.493 e. The Morgan fingerprint density at radius 3 is 2.48 bits per heavy atom. The van der Waals surface area contributed by atoms with Crippen LogP contribution in [0.15, 0.2) is 29.3 Å². The van der Waals surface area contributed by atoms with Gasteiger partial charge in [0.15, 0.2) is 17.5 Å². The first-order valence-electron chi connectivity index (χ1n) is 8.99. The monoisotopic (exact) mass is 493 g/mol. The number of esters is 1. The highest BCUT2D eigenvalue weighted by Crippen LogP contribution is 2.26. The van der Waals surface area contributed by atoms with E-state index in [9.17, 15) is 4.79 Å². The zero-order chi connectivity index (χ0) is 19.2. The highest BCUT2D eigenvalue weighted by atomic mass is 127. The highest BCUT2D eigenvalue weighted by molar-refractivity contribution is 14.0. The van der Waals surface area contributed by atoms with Crippen molar-refractivity contribution in [2.75, 3.05) is 33.9 Å². The zero-order valence-corrected chi connectivity index (χ0v) is 18.9. The van der Waals surface area contributed by atoms with Crippen molar-refractivity contribution in [2.24, 2.45) is 4.99 Å². The minimum Gasteiger partial charge on any atom is -0.493 e. The fourth-order valence-corrected chi connectivity index (χ4v) is 2.23. The summed E-state index contributed by atoms with van der Waals surface area (Å²) in [6.45, 7) is 6.01. The number of nitrogens with one attached hydrogen (secondary N) is 2. The maximum Gasteiger partial charge on any atom is 0.305 e. The lowest BCUT2D eigenvalue weighted by atomic mass is 10.2. The molecule has 1 aromatic carbocycles. The molecule has 2 N–H and O–H groups in total. The number of hydrogen-bond donors (Lipinski definition) is 2. The molecule has 0 spiro atoms. The number of carbonyl (C=O) groups excluding carboxylic acids is 1. The smallest absolute Gasteiger partial charge is 0.305 e. The first kappa shape index (κ1) is 25.3. The SMILES string of the molecule is CCNC(=NCC(C)Oc1ccccc1OC)NCCCCC(=O)OC.I.